The van der Waals surface area contributed by atoms with Crippen LogP contribution in [-0.2, 0) is 28.6 Å². The first-order valence-corrected chi connectivity index (χ1v) is 29.0. The van der Waals surface area contributed by atoms with Crippen molar-refractivity contribution in [2.45, 2.75) is 232 Å². The lowest BCUT2D eigenvalue weighted by Crippen LogP contribution is -2.30. The van der Waals surface area contributed by atoms with Gasteiger partial charge in [-0.2, -0.15) is 0 Å². The molecule has 0 fully saturated rings. The lowest BCUT2D eigenvalue weighted by atomic mass is 10.1. The molecule has 0 saturated heterocycles. The quantitative estimate of drug-likeness (QED) is 0.0261. The lowest BCUT2D eigenvalue weighted by Gasteiger charge is -2.18. The topological polar surface area (TPSA) is 78.9 Å². The van der Waals surface area contributed by atoms with Gasteiger partial charge in [-0.1, -0.05) is 217 Å². The maximum atomic E-state index is 12.9. The Labute approximate surface area is 448 Å². The standard InChI is InChI=1S/C67H104O6/c1-4-7-10-13-16-19-22-25-27-29-31-33-35-37-39-42-45-48-51-54-57-60-66(69)72-63-64(62-71-65(68)59-56-53-50-47-44-41-24-21-18-15-12-9-6-3)73-67(70)61-58-55-52-49-46-43-40-38-36-34-32-30-28-26-23-20-17-14-11-8-5-2/h7-8,10-11,16-17,19-21,24-28,31-34,37-40,45-46,48-49,64H,4-6,9,12-15,18,22-23,29-30,35-36,41-44,47,50-63H2,1-3H3/b10-7-,11-8-,19-16-,20-17-,24-21-,27-25-,28-26-,33-31-,34-32-,39-37-,40-38-,48-45-,49-46-. The van der Waals surface area contributed by atoms with E-state index >= 15 is 0 Å². The number of carbonyl (C=O) groups is 3. The van der Waals surface area contributed by atoms with Crippen LogP contribution < -0.4 is 0 Å². The van der Waals surface area contributed by atoms with Gasteiger partial charge in [0, 0.05) is 19.3 Å². The van der Waals surface area contributed by atoms with E-state index in [1.807, 2.05) is 0 Å². The molecule has 0 rings (SSSR count). The van der Waals surface area contributed by atoms with Crippen LogP contribution in [0.15, 0.2) is 158 Å². The molecule has 0 radical (unpaired) electrons. The number of esters is 3. The van der Waals surface area contributed by atoms with Crippen LogP contribution in [0, 0.1) is 0 Å². The van der Waals surface area contributed by atoms with Crippen LogP contribution in [0.25, 0.3) is 0 Å². The van der Waals surface area contributed by atoms with Gasteiger partial charge in [-0.15, -0.1) is 0 Å². The van der Waals surface area contributed by atoms with E-state index in [1.165, 1.54) is 38.5 Å². The molecule has 0 amide bonds. The summed E-state index contributed by atoms with van der Waals surface area (Å²) in [6.45, 7) is 6.30. The van der Waals surface area contributed by atoms with Gasteiger partial charge in [0.25, 0.3) is 0 Å². The minimum absolute atomic E-state index is 0.121. The Morgan fingerprint density at radius 3 is 0.877 bits per heavy atom. The maximum Gasteiger partial charge on any atom is 0.306 e. The van der Waals surface area contributed by atoms with E-state index < -0.39 is 6.10 Å². The Balaban J connectivity index is 4.58. The van der Waals surface area contributed by atoms with E-state index in [1.54, 1.807) is 0 Å². The monoisotopic (exact) mass is 1000 g/mol. The number of unbranched alkanes of at least 4 members (excludes halogenated alkanes) is 13. The highest BCUT2D eigenvalue weighted by Gasteiger charge is 2.19. The van der Waals surface area contributed by atoms with Gasteiger partial charge < -0.3 is 14.2 Å². The predicted molar refractivity (Wildman–Crippen MR) is 315 cm³/mol. The molecule has 0 aromatic heterocycles. The lowest BCUT2D eigenvalue weighted by molar-refractivity contribution is -0.167. The molecule has 0 N–H and O–H groups in total. The van der Waals surface area contributed by atoms with Crippen molar-refractivity contribution in [3.63, 3.8) is 0 Å². The Morgan fingerprint density at radius 1 is 0.288 bits per heavy atom. The van der Waals surface area contributed by atoms with Crippen molar-refractivity contribution in [2.24, 2.45) is 0 Å². The van der Waals surface area contributed by atoms with Crippen LogP contribution in [-0.4, -0.2) is 37.2 Å². The first-order chi connectivity index (χ1) is 36.0. The number of hydrogen-bond acceptors (Lipinski definition) is 6. The Morgan fingerprint density at radius 2 is 0.534 bits per heavy atom. The summed E-state index contributed by atoms with van der Waals surface area (Å²) in [5, 5.41) is 0. The van der Waals surface area contributed by atoms with Crippen molar-refractivity contribution in [1.82, 2.24) is 0 Å². The van der Waals surface area contributed by atoms with Crippen LogP contribution in [0.5, 0.6) is 0 Å². The van der Waals surface area contributed by atoms with E-state index in [-0.39, 0.29) is 44.0 Å². The summed E-state index contributed by atoms with van der Waals surface area (Å²) < 4.78 is 16.8. The maximum absolute atomic E-state index is 12.9. The Kier molecular flexibility index (Phi) is 55.5. The first kappa shape index (κ1) is 68.0. The highest BCUT2D eigenvalue weighted by molar-refractivity contribution is 5.71. The molecule has 0 spiro atoms. The number of ether oxygens (including phenoxy) is 3. The zero-order chi connectivity index (χ0) is 52.9. The highest BCUT2D eigenvalue weighted by atomic mass is 16.6. The minimum atomic E-state index is -0.831. The van der Waals surface area contributed by atoms with E-state index in [0.717, 1.165) is 135 Å². The zero-order valence-corrected chi connectivity index (χ0v) is 46.6. The largest absolute Gasteiger partial charge is 0.462 e. The molecule has 408 valence electrons. The number of carbonyl (C=O) groups excluding carboxylic acids is 3. The van der Waals surface area contributed by atoms with Crippen LogP contribution in [0.1, 0.15) is 226 Å². The van der Waals surface area contributed by atoms with Crippen molar-refractivity contribution < 1.29 is 28.6 Å². The molecule has 0 heterocycles. The van der Waals surface area contributed by atoms with Gasteiger partial charge in [0.05, 0.1) is 0 Å². The van der Waals surface area contributed by atoms with Gasteiger partial charge in [0.15, 0.2) is 6.10 Å². The van der Waals surface area contributed by atoms with Gasteiger partial charge in [-0.25, -0.2) is 0 Å². The molecular weight excluding hydrogens is 901 g/mol. The summed E-state index contributed by atoms with van der Waals surface area (Å²) in [6, 6.07) is 0. The third kappa shape index (κ3) is 57.8. The van der Waals surface area contributed by atoms with Crippen LogP contribution in [0.2, 0.25) is 0 Å². The normalized spacial score (nSPS) is 13.3. The second-order valence-electron chi connectivity index (χ2n) is 18.4. The number of allylic oxidation sites excluding steroid dienone is 26. The van der Waals surface area contributed by atoms with Gasteiger partial charge in [0.2, 0.25) is 0 Å². The summed E-state index contributed by atoms with van der Waals surface area (Å²) >= 11 is 0. The molecule has 0 aliphatic heterocycles. The Hall–Kier alpha value is -4.97. The molecule has 6 nitrogen and oxygen atoms in total. The fraction of sp³-hybridized carbons (Fsp3) is 0.567. The summed E-state index contributed by atoms with van der Waals surface area (Å²) in [7, 11) is 0. The van der Waals surface area contributed by atoms with Crippen molar-refractivity contribution in [2.75, 3.05) is 13.2 Å². The average Bonchev–Trinajstić information content (AvgIpc) is 3.39. The van der Waals surface area contributed by atoms with Crippen molar-refractivity contribution in [3.8, 4) is 0 Å². The summed E-state index contributed by atoms with van der Waals surface area (Å²) in [5.41, 5.74) is 0. The third-order valence-corrected chi connectivity index (χ3v) is 11.5. The van der Waals surface area contributed by atoms with Gasteiger partial charge in [0.1, 0.15) is 13.2 Å². The number of hydrogen-bond donors (Lipinski definition) is 0. The molecule has 0 aromatic rings. The van der Waals surface area contributed by atoms with E-state index in [0.29, 0.717) is 19.3 Å². The van der Waals surface area contributed by atoms with Gasteiger partial charge in [-0.05, 0) is 148 Å². The molecular formula is C67H104O6. The zero-order valence-electron chi connectivity index (χ0n) is 46.6. The summed E-state index contributed by atoms with van der Waals surface area (Å²) in [4.78, 5) is 38.2. The fourth-order valence-electron chi connectivity index (χ4n) is 7.21. The Bertz CT molecular complexity index is 1670. The molecule has 1 atom stereocenters. The summed E-state index contributed by atoms with van der Waals surface area (Å²) in [5.74, 6) is -1.03. The van der Waals surface area contributed by atoms with Crippen molar-refractivity contribution in [1.29, 1.82) is 0 Å². The smallest absolute Gasteiger partial charge is 0.306 e. The van der Waals surface area contributed by atoms with Gasteiger partial charge >= 0.3 is 17.9 Å². The molecule has 0 aliphatic rings. The van der Waals surface area contributed by atoms with E-state index in [2.05, 4.69) is 179 Å². The molecule has 73 heavy (non-hydrogen) atoms. The average molecular weight is 1010 g/mol. The molecule has 0 aliphatic carbocycles. The van der Waals surface area contributed by atoms with Crippen molar-refractivity contribution in [3.05, 3.63) is 158 Å². The SMILES string of the molecule is CC/C=C\C/C=C\C/C=C\C/C=C\C/C=C\C/C=C\CCCCC(=O)OCC(COC(=O)CCCCCCC/C=C\CCCCCC)OC(=O)CCCC/C=C\C/C=C\C/C=C\C/C=C\C/C=C\C/C=C\CC. The van der Waals surface area contributed by atoms with E-state index in [9.17, 15) is 14.4 Å². The van der Waals surface area contributed by atoms with Crippen LogP contribution >= 0.6 is 0 Å². The molecule has 1 unspecified atom stereocenters. The minimum Gasteiger partial charge on any atom is -0.462 e. The van der Waals surface area contributed by atoms with E-state index in [4.69, 9.17) is 14.2 Å². The molecule has 0 bridgehead atoms. The van der Waals surface area contributed by atoms with Crippen molar-refractivity contribution >= 4 is 17.9 Å². The number of rotatable bonds is 50. The molecule has 0 aromatic carbocycles. The van der Waals surface area contributed by atoms with Gasteiger partial charge in [-0.3, -0.25) is 14.4 Å². The third-order valence-electron chi connectivity index (χ3n) is 11.5. The van der Waals surface area contributed by atoms with Crippen LogP contribution in [0.4, 0.5) is 0 Å². The van der Waals surface area contributed by atoms with Crippen LogP contribution in [0.3, 0.4) is 0 Å². The molecule has 6 heteroatoms. The predicted octanol–water partition coefficient (Wildman–Crippen LogP) is 19.8. The highest BCUT2D eigenvalue weighted by Crippen LogP contribution is 2.12. The summed E-state index contributed by atoms with van der Waals surface area (Å²) in [6.07, 6.45) is 86.6. The second-order valence-corrected chi connectivity index (χ2v) is 18.4. The second kappa shape index (κ2) is 59.6. The molecule has 0 saturated carbocycles. The fourth-order valence-corrected chi connectivity index (χ4v) is 7.21. The first-order valence-electron chi connectivity index (χ1n) is 29.0.